The summed E-state index contributed by atoms with van der Waals surface area (Å²) in [5.41, 5.74) is 4.82. The van der Waals surface area contributed by atoms with E-state index in [1.165, 1.54) is 4.31 Å². The second-order valence-electron chi connectivity index (χ2n) is 9.30. The van der Waals surface area contributed by atoms with Gasteiger partial charge in [0.1, 0.15) is 0 Å². The van der Waals surface area contributed by atoms with E-state index < -0.39 is 16.1 Å². The lowest BCUT2D eigenvalue weighted by molar-refractivity contribution is 0.113. The molecule has 0 bridgehead atoms. The Labute approximate surface area is 190 Å². The molecule has 4 rings (SSSR count). The van der Waals surface area contributed by atoms with Gasteiger partial charge in [0.2, 0.25) is 10.0 Å². The van der Waals surface area contributed by atoms with E-state index >= 15 is 0 Å². The lowest BCUT2D eigenvalue weighted by Gasteiger charge is -2.28. The van der Waals surface area contributed by atoms with E-state index in [9.17, 15) is 13.5 Å². The Morgan fingerprint density at radius 3 is 2.16 bits per heavy atom. The summed E-state index contributed by atoms with van der Waals surface area (Å²) in [7, 11) is -3.55. The summed E-state index contributed by atoms with van der Waals surface area (Å²) in [6.07, 6.45) is 5.97. The van der Waals surface area contributed by atoms with Crippen molar-refractivity contribution < 1.29 is 13.5 Å². The van der Waals surface area contributed by atoms with Crippen LogP contribution in [0.3, 0.4) is 0 Å². The van der Waals surface area contributed by atoms with Crippen LogP contribution >= 0.6 is 0 Å². The van der Waals surface area contributed by atoms with E-state index in [2.05, 4.69) is 42.9 Å². The number of aliphatic hydroxyl groups is 1. The van der Waals surface area contributed by atoms with Gasteiger partial charge in [-0.15, -0.1) is 0 Å². The maximum Gasteiger partial charge on any atom is 0.243 e. The average molecular weight is 452 g/mol. The number of hydrogen-bond donors (Lipinski definition) is 1. The summed E-state index contributed by atoms with van der Waals surface area (Å²) < 4.78 is 27.3. The van der Waals surface area contributed by atoms with E-state index in [4.69, 9.17) is 0 Å². The normalized spacial score (nSPS) is 16.2. The zero-order chi connectivity index (χ0) is 22.9. The Balaban J connectivity index is 1.59. The number of piperidine rings is 1. The van der Waals surface area contributed by atoms with Crippen LogP contribution in [0.1, 0.15) is 39.3 Å². The maximum atomic E-state index is 12.9. The van der Waals surface area contributed by atoms with Gasteiger partial charge in [0.15, 0.2) is 0 Å². The van der Waals surface area contributed by atoms with Crippen molar-refractivity contribution in [3.8, 4) is 22.3 Å². The van der Waals surface area contributed by atoms with Crippen molar-refractivity contribution in [3.05, 3.63) is 66.7 Å². The van der Waals surface area contributed by atoms with Crippen molar-refractivity contribution in [2.45, 2.75) is 50.0 Å². The molecule has 1 fully saturated rings. The maximum absolute atomic E-state index is 12.9. The van der Waals surface area contributed by atoms with Gasteiger partial charge in [-0.3, -0.25) is 9.97 Å². The minimum Gasteiger partial charge on any atom is -0.393 e. The van der Waals surface area contributed by atoms with Gasteiger partial charge in [-0.2, -0.15) is 4.31 Å². The van der Waals surface area contributed by atoms with Crippen LogP contribution in [0.5, 0.6) is 0 Å². The molecule has 1 aliphatic heterocycles. The SMILES string of the molecule is CC(C)(C)c1cc(-c2cncc(-c3ccc(S(=O)(=O)N4CCC(O)CC4)cc3)c2)ccn1. The fourth-order valence-electron chi connectivity index (χ4n) is 3.83. The van der Waals surface area contributed by atoms with Crippen LogP contribution in [0.25, 0.3) is 22.3 Å². The van der Waals surface area contributed by atoms with Crippen LogP contribution in [-0.4, -0.2) is 47.0 Å². The highest BCUT2D eigenvalue weighted by atomic mass is 32.2. The fourth-order valence-corrected chi connectivity index (χ4v) is 5.30. The number of aliphatic hydroxyl groups excluding tert-OH is 1. The summed E-state index contributed by atoms with van der Waals surface area (Å²) in [6, 6.07) is 13.1. The zero-order valence-corrected chi connectivity index (χ0v) is 19.5. The van der Waals surface area contributed by atoms with E-state index in [0.29, 0.717) is 25.9 Å². The molecular weight excluding hydrogens is 422 g/mol. The molecule has 0 atom stereocenters. The first-order chi connectivity index (χ1) is 15.1. The molecule has 3 aromatic rings. The lowest BCUT2D eigenvalue weighted by atomic mass is 9.90. The Morgan fingerprint density at radius 2 is 1.53 bits per heavy atom. The van der Waals surface area contributed by atoms with Crippen molar-refractivity contribution in [1.82, 2.24) is 14.3 Å². The first-order valence-corrected chi connectivity index (χ1v) is 12.3. The minimum absolute atomic E-state index is 0.0468. The number of sulfonamides is 1. The second-order valence-corrected chi connectivity index (χ2v) is 11.2. The van der Waals surface area contributed by atoms with Crippen molar-refractivity contribution in [3.63, 3.8) is 0 Å². The largest absolute Gasteiger partial charge is 0.393 e. The van der Waals surface area contributed by atoms with E-state index in [-0.39, 0.29) is 10.3 Å². The highest BCUT2D eigenvalue weighted by molar-refractivity contribution is 7.89. The molecule has 1 aromatic carbocycles. The fraction of sp³-hybridized carbons (Fsp3) is 0.360. The summed E-state index contributed by atoms with van der Waals surface area (Å²) in [4.78, 5) is 9.18. The second kappa shape index (κ2) is 8.73. The number of benzene rings is 1. The summed E-state index contributed by atoms with van der Waals surface area (Å²) in [6.45, 7) is 7.10. The van der Waals surface area contributed by atoms with Gasteiger partial charge >= 0.3 is 0 Å². The van der Waals surface area contributed by atoms with Crippen LogP contribution < -0.4 is 0 Å². The molecule has 1 aliphatic rings. The van der Waals surface area contributed by atoms with Gasteiger partial charge < -0.3 is 5.11 Å². The number of hydrogen-bond acceptors (Lipinski definition) is 5. The summed E-state index contributed by atoms with van der Waals surface area (Å²) >= 11 is 0. The van der Waals surface area contributed by atoms with Gasteiger partial charge in [0, 0.05) is 53.9 Å². The first kappa shape index (κ1) is 22.6. The average Bonchev–Trinajstić information content (AvgIpc) is 2.79. The molecule has 1 N–H and O–H groups in total. The molecule has 32 heavy (non-hydrogen) atoms. The number of aromatic nitrogens is 2. The van der Waals surface area contributed by atoms with Crippen LogP contribution in [0.2, 0.25) is 0 Å². The smallest absolute Gasteiger partial charge is 0.243 e. The minimum atomic E-state index is -3.55. The molecule has 0 saturated carbocycles. The molecule has 3 heterocycles. The highest BCUT2D eigenvalue weighted by Crippen LogP contribution is 2.29. The Hall–Kier alpha value is -2.61. The quantitative estimate of drug-likeness (QED) is 0.641. The molecule has 7 heteroatoms. The van der Waals surface area contributed by atoms with Gasteiger partial charge in [-0.25, -0.2) is 8.42 Å². The molecule has 0 spiro atoms. The topological polar surface area (TPSA) is 83.4 Å². The van der Waals surface area contributed by atoms with Gasteiger partial charge in [-0.1, -0.05) is 32.9 Å². The van der Waals surface area contributed by atoms with E-state index in [1.807, 2.05) is 30.6 Å². The van der Waals surface area contributed by atoms with Crippen LogP contribution in [0.15, 0.2) is 66.0 Å². The third kappa shape index (κ3) is 4.75. The van der Waals surface area contributed by atoms with Crippen molar-refractivity contribution in [2.75, 3.05) is 13.1 Å². The molecule has 0 amide bonds. The van der Waals surface area contributed by atoms with Crippen LogP contribution in [0.4, 0.5) is 0 Å². The molecule has 1 saturated heterocycles. The van der Waals surface area contributed by atoms with E-state index in [1.54, 1.807) is 18.3 Å². The third-order valence-electron chi connectivity index (χ3n) is 5.85. The molecule has 6 nitrogen and oxygen atoms in total. The molecule has 0 aliphatic carbocycles. The van der Waals surface area contributed by atoms with E-state index in [0.717, 1.165) is 27.9 Å². The van der Waals surface area contributed by atoms with Crippen molar-refractivity contribution in [2.24, 2.45) is 0 Å². The molecule has 168 valence electrons. The van der Waals surface area contributed by atoms with Gasteiger partial charge in [0.05, 0.1) is 11.0 Å². The monoisotopic (exact) mass is 451 g/mol. The predicted octanol–water partition coefficient (Wildman–Crippen LogP) is 4.25. The Bertz CT molecular complexity index is 1190. The summed E-state index contributed by atoms with van der Waals surface area (Å²) in [5.74, 6) is 0. The van der Waals surface area contributed by atoms with Crippen molar-refractivity contribution in [1.29, 1.82) is 0 Å². The Morgan fingerprint density at radius 1 is 0.906 bits per heavy atom. The standard InChI is InChI=1S/C25H29N3O3S/c1-25(2,3)24-15-19(8-11-27-24)21-14-20(16-26-17-21)18-4-6-23(7-5-18)32(30,31)28-12-9-22(29)10-13-28/h4-8,11,14-17,22,29H,9-10,12-13H2,1-3H3. The lowest BCUT2D eigenvalue weighted by Crippen LogP contribution is -2.39. The molecule has 0 radical (unpaired) electrons. The zero-order valence-electron chi connectivity index (χ0n) is 18.7. The number of nitrogens with zero attached hydrogens (tertiary/aromatic N) is 3. The molecule has 2 aromatic heterocycles. The summed E-state index contributed by atoms with van der Waals surface area (Å²) in [5, 5.41) is 9.65. The number of pyridine rings is 2. The van der Waals surface area contributed by atoms with Gasteiger partial charge in [-0.05, 0) is 54.3 Å². The first-order valence-electron chi connectivity index (χ1n) is 10.9. The van der Waals surface area contributed by atoms with Gasteiger partial charge in [0.25, 0.3) is 0 Å². The van der Waals surface area contributed by atoms with Crippen molar-refractivity contribution >= 4 is 10.0 Å². The third-order valence-corrected chi connectivity index (χ3v) is 7.76. The molecular formula is C25H29N3O3S. The van der Waals surface area contributed by atoms with Crippen LogP contribution in [-0.2, 0) is 15.4 Å². The Kier molecular flexibility index (Phi) is 6.16. The highest BCUT2D eigenvalue weighted by Gasteiger charge is 2.28. The molecule has 0 unspecified atom stereocenters. The number of rotatable bonds is 4. The van der Waals surface area contributed by atoms with Crippen LogP contribution in [0, 0.1) is 0 Å². The predicted molar refractivity (Wildman–Crippen MR) is 126 cm³/mol.